The molecule has 0 saturated carbocycles. The van der Waals surface area contributed by atoms with E-state index < -0.39 is 0 Å². The largest absolute Gasteiger partial charge is 0.493 e. The molecule has 15 heavy (non-hydrogen) atoms. The molecule has 1 aliphatic rings. The standard InChI is InChI=1S/C12H17NO2/c13-10-3-1-4-12(9-10)15-8-6-11-5-2-7-14-11/h1,3-4,9,11H,2,5-8,13H2. The van der Waals surface area contributed by atoms with Crippen LogP contribution in [-0.2, 0) is 4.74 Å². The predicted molar refractivity (Wildman–Crippen MR) is 59.9 cm³/mol. The van der Waals surface area contributed by atoms with Gasteiger partial charge in [0.05, 0.1) is 12.7 Å². The van der Waals surface area contributed by atoms with Gasteiger partial charge in [0.25, 0.3) is 0 Å². The van der Waals surface area contributed by atoms with Crippen LogP contribution in [0.1, 0.15) is 19.3 Å². The molecule has 1 aromatic rings. The van der Waals surface area contributed by atoms with Crippen LogP contribution in [0.2, 0.25) is 0 Å². The summed E-state index contributed by atoms with van der Waals surface area (Å²) in [5, 5.41) is 0. The van der Waals surface area contributed by atoms with Crippen LogP contribution in [0.3, 0.4) is 0 Å². The van der Waals surface area contributed by atoms with Crippen molar-refractivity contribution in [2.24, 2.45) is 0 Å². The fraction of sp³-hybridized carbons (Fsp3) is 0.500. The molecule has 0 aliphatic carbocycles. The molecule has 1 heterocycles. The Labute approximate surface area is 90.2 Å². The smallest absolute Gasteiger partial charge is 0.121 e. The highest BCUT2D eigenvalue weighted by Gasteiger charge is 2.14. The Balaban J connectivity index is 1.73. The molecule has 0 spiro atoms. The fourth-order valence-corrected chi connectivity index (χ4v) is 1.78. The molecule has 2 rings (SSSR count). The van der Waals surface area contributed by atoms with E-state index in [0.717, 1.165) is 24.5 Å². The van der Waals surface area contributed by atoms with E-state index in [2.05, 4.69) is 0 Å². The van der Waals surface area contributed by atoms with Crippen LogP contribution in [0.5, 0.6) is 5.75 Å². The van der Waals surface area contributed by atoms with Crippen LogP contribution in [0.4, 0.5) is 5.69 Å². The van der Waals surface area contributed by atoms with Gasteiger partial charge in [0.1, 0.15) is 5.75 Å². The minimum absolute atomic E-state index is 0.394. The van der Waals surface area contributed by atoms with Gasteiger partial charge in [-0.1, -0.05) is 6.07 Å². The number of hydrogen-bond acceptors (Lipinski definition) is 3. The van der Waals surface area contributed by atoms with Crippen molar-refractivity contribution < 1.29 is 9.47 Å². The molecule has 1 atom stereocenters. The van der Waals surface area contributed by atoms with E-state index in [9.17, 15) is 0 Å². The van der Waals surface area contributed by atoms with Gasteiger partial charge in [-0.2, -0.15) is 0 Å². The molecule has 1 aliphatic heterocycles. The minimum atomic E-state index is 0.394. The average Bonchev–Trinajstić information content (AvgIpc) is 2.71. The summed E-state index contributed by atoms with van der Waals surface area (Å²) in [6, 6.07) is 7.52. The van der Waals surface area contributed by atoms with Crippen LogP contribution in [0, 0.1) is 0 Å². The molecule has 3 heteroatoms. The van der Waals surface area contributed by atoms with Gasteiger partial charge in [-0.3, -0.25) is 0 Å². The molecule has 1 fully saturated rings. The van der Waals surface area contributed by atoms with Crippen molar-refractivity contribution in [3.8, 4) is 5.75 Å². The van der Waals surface area contributed by atoms with Crippen molar-refractivity contribution in [1.29, 1.82) is 0 Å². The molecule has 0 amide bonds. The van der Waals surface area contributed by atoms with E-state index in [4.69, 9.17) is 15.2 Å². The van der Waals surface area contributed by atoms with Crippen LogP contribution < -0.4 is 10.5 Å². The molecule has 0 radical (unpaired) electrons. The zero-order chi connectivity index (χ0) is 10.5. The highest BCUT2D eigenvalue weighted by Crippen LogP contribution is 2.18. The number of rotatable bonds is 4. The average molecular weight is 207 g/mol. The number of nitrogens with two attached hydrogens (primary N) is 1. The predicted octanol–water partition coefficient (Wildman–Crippen LogP) is 2.22. The van der Waals surface area contributed by atoms with Crippen LogP contribution in [0.15, 0.2) is 24.3 Å². The minimum Gasteiger partial charge on any atom is -0.493 e. The zero-order valence-electron chi connectivity index (χ0n) is 8.82. The zero-order valence-corrected chi connectivity index (χ0v) is 8.82. The Morgan fingerprint density at radius 3 is 3.13 bits per heavy atom. The van der Waals surface area contributed by atoms with Gasteiger partial charge in [0.2, 0.25) is 0 Å². The summed E-state index contributed by atoms with van der Waals surface area (Å²) in [7, 11) is 0. The molecular formula is C12H17NO2. The quantitative estimate of drug-likeness (QED) is 0.770. The topological polar surface area (TPSA) is 44.5 Å². The van der Waals surface area contributed by atoms with Crippen LogP contribution >= 0.6 is 0 Å². The second kappa shape index (κ2) is 5.03. The molecule has 3 nitrogen and oxygen atoms in total. The van der Waals surface area contributed by atoms with Crippen molar-refractivity contribution in [3.05, 3.63) is 24.3 Å². The maximum atomic E-state index is 5.65. The number of hydrogen-bond donors (Lipinski definition) is 1. The fourth-order valence-electron chi connectivity index (χ4n) is 1.78. The highest BCUT2D eigenvalue weighted by atomic mass is 16.5. The number of ether oxygens (including phenoxy) is 2. The summed E-state index contributed by atoms with van der Waals surface area (Å²) < 4.78 is 11.1. The van der Waals surface area contributed by atoms with E-state index in [1.54, 1.807) is 0 Å². The van der Waals surface area contributed by atoms with Gasteiger partial charge < -0.3 is 15.2 Å². The molecule has 0 bridgehead atoms. The summed E-state index contributed by atoms with van der Waals surface area (Å²) in [6.45, 7) is 1.61. The third-order valence-electron chi connectivity index (χ3n) is 2.59. The second-order valence-corrected chi connectivity index (χ2v) is 3.84. The summed E-state index contributed by atoms with van der Waals surface area (Å²) >= 11 is 0. The van der Waals surface area contributed by atoms with E-state index >= 15 is 0 Å². The molecule has 1 aromatic carbocycles. The summed E-state index contributed by atoms with van der Waals surface area (Å²) in [6.07, 6.45) is 3.71. The molecule has 0 aromatic heterocycles. The third kappa shape index (κ3) is 3.13. The second-order valence-electron chi connectivity index (χ2n) is 3.84. The Morgan fingerprint density at radius 1 is 1.47 bits per heavy atom. The lowest BCUT2D eigenvalue weighted by Gasteiger charge is -2.10. The highest BCUT2D eigenvalue weighted by molar-refractivity contribution is 5.43. The first-order valence-corrected chi connectivity index (χ1v) is 5.44. The summed E-state index contributed by atoms with van der Waals surface area (Å²) in [5.41, 5.74) is 6.39. The lowest BCUT2D eigenvalue weighted by Crippen LogP contribution is -2.10. The van der Waals surface area contributed by atoms with Gasteiger partial charge >= 0.3 is 0 Å². The normalized spacial score (nSPS) is 20.4. The van der Waals surface area contributed by atoms with Gasteiger partial charge in [-0.25, -0.2) is 0 Å². The Kier molecular flexibility index (Phi) is 3.45. The maximum absolute atomic E-state index is 5.65. The molecule has 1 saturated heterocycles. The van der Waals surface area contributed by atoms with Gasteiger partial charge in [0.15, 0.2) is 0 Å². The number of nitrogen functional groups attached to an aromatic ring is 1. The Bertz CT molecular complexity index is 308. The third-order valence-corrected chi connectivity index (χ3v) is 2.59. The van der Waals surface area contributed by atoms with E-state index in [-0.39, 0.29) is 0 Å². The molecule has 1 unspecified atom stereocenters. The van der Waals surface area contributed by atoms with Crippen LogP contribution in [0.25, 0.3) is 0 Å². The van der Waals surface area contributed by atoms with Crippen molar-refractivity contribution in [2.45, 2.75) is 25.4 Å². The monoisotopic (exact) mass is 207 g/mol. The molecule has 2 N–H and O–H groups in total. The van der Waals surface area contributed by atoms with E-state index in [0.29, 0.717) is 12.7 Å². The van der Waals surface area contributed by atoms with Crippen molar-refractivity contribution in [3.63, 3.8) is 0 Å². The number of anilines is 1. The van der Waals surface area contributed by atoms with Crippen molar-refractivity contribution in [2.75, 3.05) is 18.9 Å². The SMILES string of the molecule is Nc1cccc(OCCC2CCCO2)c1. The Morgan fingerprint density at radius 2 is 2.40 bits per heavy atom. The molecule has 82 valence electrons. The van der Waals surface area contributed by atoms with E-state index in [1.807, 2.05) is 24.3 Å². The van der Waals surface area contributed by atoms with Crippen molar-refractivity contribution in [1.82, 2.24) is 0 Å². The first-order valence-electron chi connectivity index (χ1n) is 5.44. The Hall–Kier alpha value is -1.22. The van der Waals surface area contributed by atoms with E-state index in [1.165, 1.54) is 12.8 Å². The lowest BCUT2D eigenvalue weighted by molar-refractivity contribution is 0.0904. The summed E-state index contributed by atoms with van der Waals surface area (Å²) in [5.74, 6) is 0.841. The van der Waals surface area contributed by atoms with Gasteiger partial charge in [-0.05, 0) is 25.0 Å². The number of benzene rings is 1. The van der Waals surface area contributed by atoms with Gasteiger partial charge in [-0.15, -0.1) is 0 Å². The molecular weight excluding hydrogens is 190 g/mol. The van der Waals surface area contributed by atoms with Crippen LogP contribution in [-0.4, -0.2) is 19.3 Å². The van der Waals surface area contributed by atoms with Crippen molar-refractivity contribution >= 4 is 5.69 Å². The summed E-state index contributed by atoms with van der Waals surface area (Å²) in [4.78, 5) is 0. The van der Waals surface area contributed by atoms with Gasteiger partial charge in [0, 0.05) is 24.8 Å². The lowest BCUT2D eigenvalue weighted by atomic mass is 10.2. The maximum Gasteiger partial charge on any atom is 0.121 e. The first kappa shape index (κ1) is 10.3. The first-order chi connectivity index (χ1) is 7.34.